The minimum absolute atomic E-state index is 0.0286. The zero-order chi connectivity index (χ0) is 27.0. The van der Waals surface area contributed by atoms with Crippen molar-refractivity contribution in [2.75, 3.05) is 6.54 Å². The molecule has 1 aromatic heterocycles. The van der Waals surface area contributed by atoms with Crippen LogP contribution in [-0.4, -0.2) is 27.6 Å². The number of pyridine rings is 1. The van der Waals surface area contributed by atoms with Gasteiger partial charge in [0.2, 0.25) is 0 Å². The van der Waals surface area contributed by atoms with E-state index in [2.05, 4.69) is 11.0 Å². The number of hydrogen-bond donors (Lipinski definition) is 0. The van der Waals surface area contributed by atoms with Crippen LogP contribution in [0.15, 0.2) is 102 Å². The summed E-state index contributed by atoms with van der Waals surface area (Å²) in [6.07, 6.45) is 0.677. The summed E-state index contributed by atoms with van der Waals surface area (Å²) in [6, 6.07) is 30.9. The van der Waals surface area contributed by atoms with Crippen molar-refractivity contribution in [3.63, 3.8) is 0 Å². The summed E-state index contributed by atoms with van der Waals surface area (Å²) in [5, 5.41) is 1.28. The molecule has 4 aromatic carbocycles. The second-order valence-corrected chi connectivity index (χ2v) is 10.6. The minimum Gasteiger partial charge on any atom is -0.366 e. The van der Waals surface area contributed by atoms with E-state index in [4.69, 9.17) is 0 Å². The summed E-state index contributed by atoms with van der Waals surface area (Å²) in [5.41, 5.74) is 8.32. The van der Waals surface area contributed by atoms with Crippen LogP contribution in [-0.2, 0) is 13.1 Å². The fourth-order valence-corrected chi connectivity index (χ4v) is 6.78. The first-order valence-corrected chi connectivity index (χ1v) is 13.6. The number of Topliss-reactive ketones (excluding diaryl/α,β-unsaturated/α-hetero) is 1. The van der Waals surface area contributed by atoms with Gasteiger partial charge in [-0.15, -0.1) is 0 Å². The van der Waals surface area contributed by atoms with Crippen LogP contribution in [0.2, 0.25) is 0 Å². The Morgan fingerprint density at radius 2 is 1.18 bits per heavy atom. The lowest BCUT2D eigenvalue weighted by Gasteiger charge is -2.32. The number of carbonyl (C=O) groups excluding carboxylic acids is 2. The van der Waals surface area contributed by atoms with Crippen molar-refractivity contribution in [1.29, 1.82) is 0 Å². The van der Waals surface area contributed by atoms with Gasteiger partial charge in [0.05, 0.1) is 22.5 Å². The molecule has 0 N–H and O–H groups in total. The Bertz CT molecular complexity index is 2030. The SMILES string of the molecule is O=C1C2=C(c3ccccc31)N(CCCn1c3c(c4ccccc4c1=O)C(=O)c1ccccc1-3)Cc1ccccc12. The number of benzene rings is 4. The molecule has 0 bridgehead atoms. The van der Waals surface area contributed by atoms with Crippen LogP contribution in [0.1, 0.15) is 49.4 Å². The maximum absolute atomic E-state index is 13.8. The quantitative estimate of drug-likeness (QED) is 0.278. The van der Waals surface area contributed by atoms with Crippen LogP contribution in [0.5, 0.6) is 0 Å². The molecule has 0 unspecified atom stereocenters. The van der Waals surface area contributed by atoms with Gasteiger partial charge in [0, 0.05) is 52.7 Å². The smallest absolute Gasteiger partial charge is 0.258 e. The van der Waals surface area contributed by atoms with Gasteiger partial charge in [-0.05, 0) is 23.6 Å². The zero-order valence-electron chi connectivity index (χ0n) is 21.7. The molecule has 0 fully saturated rings. The fourth-order valence-electron chi connectivity index (χ4n) is 6.78. The highest BCUT2D eigenvalue weighted by Crippen LogP contribution is 2.45. The van der Waals surface area contributed by atoms with Crippen molar-refractivity contribution in [2.45, 2.75) is 19.5 Å². The summed E-state index contributed by atoms with van der Waals surface area (Å²) in [5.74, 6) is 0.0421. The van der Waals surface area contributed by atoms with Crippen molar-refractivity contribution < 1.29 is 9.59 Å². The van der Waals surface area contributed by atoms with Gasteiger partial charge in [0.1, 0.15) is 0 Å². The molecule has 2 aliphatic carbocycles. The molecule has 2 heterocycles. The topological polar surface area (TPSA) is 59.4 Å². The number of allylic oxidation sites excluding steroid dienone is 1. The van der Waals surface area contributed by atoms with Crippen molar-refractivity contribution in [3.05, 3.63) is 141 Å². The average molecular weight is 521 g/mol. The first-order valence-electron chi connectivity index (χ1n) is 13.6. The standard InChI is InChI=1S/C35H24N2O3/c38-33-26-15-6-4-13-24(26)31-29(33)22-11-2-1-10-21(22)20-36(31)18-9-19-37-32-25-14-5-7-16-27(25)34(39)30(32)23-12-3-8-17-28(23)35(37)40/h1-8,10-17H,9,18-20H2. The summed E-state index contributed by atoms with van der Waals surface area (Å²) < 4.78 is 1.79. The molecular weight excluding hydrogens is 496 g/mol. The van der Waals surface area contributed by atoms with Crippen molar-refractivity contribution in [2.24, 2.45) is 0 Å². The molecule has 5 heteroatoms. The van der Waals surface area contributed by atoms with Gasteiger partial charge in [0.15, 0.2) is 11.6 Å². The molecule has 192 valence electrons. The van der Waals surface area contributed by atoms with E-state index in [-0.39, 0.29) is 17.1 Å². The Morgan fingerprint density at radius 3 is 1.95 bits per heavy atom. The highest BCUT2D eigenvalue weighted by atomic mass is 16.1. The highest BCUT2D eigenvalue weighted by molar-refractivity contribution is 6.40. The fraction of sp³-hybridized carbons (Fsp3) is 0.114. The normalized spacial score (nSPS) is 14.8. The molecule has 3 aliphatic rings. The van der Waals surface area contributed by atoms with E-state index in [1.807, 2.05) is 91.0 Å². The van der Waals surface area contributed by atoms with E-state index in [0.717, 1.165) is 44.8 Å². The number of nitrogens with zero attached hydrogens (tertiary/aromatic N) is 2. The summed E-state index contributed by atoms with van der Waals surface area (Å²) in [7, 11) is 0. The lowest BCUT2D eigenvalue weighted by molar-refractivity contribution is 0.104. The van der Waals surface area contributed by atoms with Crippen LogP contribution in [0.3, 0.4) is 0 Å². The van der Waals surface area contributed by atoms with Gasteiger partial charge >= 0.3 is 0 Å². The molecule has 1 aliphatic heterocycles. The molecule has 5 nitrogen and oxygen atoms in total. The largest absolute Gasteiger partial charge is 0.366 e. The van der Waals surface area contributed by atoms with E-state index in [1.54, 1.807) is 4.57 Å². The number of fused-ring (bicyclic) bond motifs is 9. The van der Waals surface area contributed by atoms with Gasteiger partial charge < -0.3 is 9.47 Å². The number of ketones is 2. The third-order valence-electron chi connectivity index (χ3n) is 8.50. The number of hydrogen-bond acceptors (Lipinski definition) is 4. The molecule has 0 radical (unpaired) electrons. The lowest BCUT2D eigenvalue weighted by atomic mass is 9.93. The molecular formula is C35H24N2O3. The van der Waals surface area contributed by atoms with Crippen LogP contribution in [0.25, 0.3) is 33.3 Å². The van der Waals surface area contributed by atoms with Gasteiger partial charge in [-0.2, -0.15) is 0 Å². The molecule has 0 amide bonds. The van der Waals surface area contributed by atoms with Crippen molar-refractivity contribution >= 4 is 33.6 Å². The van der Waals surface area contributed by atoms with E-state index in [0.29, 0.717) is 48.0 Å². The lowest BCUT2D eigenvalue weighted by Crippen LogP contribution is -2.29. The first-order chi connectivity index (χ1) is 19.6. The number of carbonyl (C=O) groups is 2. The Morgan fingerprint density at radius 1 is 0.575 bits per heavy atom. The Hall–Kier alpha value is -5.03. The maximum atomic E-state index is 13.8. The second-order valence-electron chi connectivity index (χ2n) is 10.6. The third kappa shape index (κ3) is 3.06. The molecule has 0 saturated carbocycles. The monoisotopic (exact) mass is 520 g/mol. The predicted octanol–water partition coefficient (Wildman–Crippen LogP) is 6.18. The Kier molecular flexibility index (Phi) is 4.86. The molecule has 0 atom stereocenters. The first kappa shape index (κ1) is 22.9. The van der Waals surface area contributed by atoms with Crippen molar-refractivity contribution in [3.8, 4) is 11.3 Å². The number of rotatable bonds is 4. The minimum atomic E-state index is -0.0795. The Balaban J connectivity index is 1.20. The van der Waals surface area contributed by atoms with Gasteiger partial charge in [-0.1, -0.05) is 91.0 Å². The zero-order valence-corrected chi connectivity index (χ0v) is 21.7. The van der Waals surface area contributed by atoms with Crippen molar-refractivity contribution in [1.82, 2.24) is 9.47 Å². The van der Waals surface area contributed by atoms with Crippen LogP contribution < -0.4 is 5.56 Å². The Labute approximate surface area is 230 Å². The third-order valence-corrected chi connectivity index (χ3v) is 8.50. The molecule has 8 rings (SSSR count). The summed E-state index contributed by atoms with van der Waals surface area (Å²) >= 11 is 0. The predicted molar refractivity (Wildman–Crippen MR) is 156 cm³/mol. The van der Waals surface area contributed by atoms with Gasteiger partial charge in [-0.3, -0.25) is 14.4 Å². The van der Waals surface area contributed by atoms with E-state index >= 15 is 0 Å². The van der Waals surface area contributed by atoms with E-state index in [9.17, 15) is 14.4 Å². The van der Waals surface area contributed by atoms with E-state index < -0.39 is 0 Å². The maximum Gasteiger partial charge on any atom is 0.258 e. The van der Waals surface area contributed by atoms with Crippen LogP contribution in [0.4, 0.5) is 0 Å². The van der Waals surface area contributed by atoms with Crippen LogP contribution >= 0.6 is 0 Å². The highest BCUT2D eigenvalue weighted by Gasteiger charge is 2.37. The molecule has 5 aromatic rings. The van der Waals surface area contributed by atoms with Gasteiger partial charge in [-0.25, -0.2) is 0 Å². The second kappa shape index (κ2) is 8.48. The number of aromatic nitrogens is 1. The summed E-state index contributed by atoms with van der Waals surface area (Å²) in [6.45, 7) is 1.82. The van der Waals surface area contributed by atoms with Crippen LogP contribution in [0, 0.1) is 0 Å². The molecule has 40 heavy (non-hydrogen) atoms. The average Bonchev–Trinajstić information content (AvgIpc) is 3.47. The van der Waals surface area contributed by atoms with Gasteiger partial charge in [0.25, 0.3) is 5.56 Å². The summed E-state index contributed by atoms with van der Waals surface area (Å²) in [4.78, 5) is 43.1. The van der Waals surface area contributed by atoms with E-state index in [1.165, 1.54) is 0 Å². The molecule has 0 spiro atoms. The molecule has 0 saturated heterocycles.